The van der Waals surface area contributed by atoms with Gasteiger partial charge in [-0.05, 0) is 43.7 Å². The van der Waals surface area contributed by atoms with Crippen LogP contribution in [0.1, 0.15) is 27.0 Å². The van der Waals surface area contributed by atoms with E-state index in [1.54, 1.807) is 24.3 Å². The molecule has 24 heavy (non-hydrogen) atoms. The van der Waals surface area contributed by atoms with Crippen LogP contribution in [0.2, 0.25) is 0 Å². The second kappa shape index (κ2) is 6.65. The van der Waals surface area contributed by atoms with Gasteiger partial charge >= 0.3 is 0 Å². The number of anilines is 1. The molecule has 0 fully saturated rings. The van der Waals surface area contributed by atoms with Crippen molar-refractivity contribution >= 4 is 22.4 Å². The van der Waals surface area contributed by atoms with Gasteiger partial charge in [-0.2, -0.15) is 5.26 Å². The number of hydrogen-bond acceptors (Lipinski definition) is 4. The Hall–Kier alpha value is -2.97. The normalized spacial score (nSPS) is 10.2. The fourth-order valence-corrected chi connectivity index (χ4v) is 3.13. The minimum absolute atomic E-state index is 0.235. The van der Waals surface area contributed by atoms with Crippen LogP contribution in [0.5, 0.6) is 0 Å². The number of hydrogen-bond donors (Lipinski definition) is 1. The lowest BCUT2D eigenvalue weighted by Crippen LogP contribution is -2.11. The molecule has 0 bridgehead atoms. The number of nitrogens with zero attached hydrogens (tertiary/aromatic N) is 2. The van der Waals surface area contributed by atoms with Crippen molar-refractivity contribution in [1.29, 1.82) is 5.26 Å². The van der Waals surface area contributed by atoms with Gasteiger partial charge < -0.3 is 0 Å². The highest BCUT2D eigenvalue weighted by Gasteiger charge is 2.11. The summed E-state index contributed by atoms with van der Waals surface area (Å²) in [5, 5.41) is 14.1. The fraction of sp³-hybridized carbons (Fsp3) is 0.105. The van der Waals surface area contributed by atoms with Gasteiger partial charge in [0.05, 0.1) is 17.3 Å². The Labute approximate surface area is 144 Å². The van der Waals surface area contributed by atoms with Gasteiger partial charge in [0, 0.05) is 16.5 Å². The number of nitriles is 1. The zero-order valence-electron chi connectivity index (χ0n) is 13.3. The lowest BCUT2D eigenvalue weighted by atomic mass is 10.0. The number of carbonyl (C=O) groups excluding carboxylic acids is 1. The highest BCUT2D eigenvalue weighted by Crippen LogP contribution is 2.28. The Morgan fingerprint density at radius 2 is 1.92 bits per heavy atom. The molecule has 0 aliphatic carbocycles. The predicted molar refractivity (Wildman–Crippen MR) is 96.1 cm³/mol. The molecule has 2 aromatic carbocycles. The molecule has 5 heteroatoms. The first-order chi connectivity index (χ1) is 11.6. The number of thiazole rings is 1. The highest BCUT2D eigenvalue weighted by atomic mass is 32.1. The summed E-state index contributed by atoms with van der Waals surface area (Å²) in [6.45, 7) is 4.11. The molecule has 0 unspecified atom stereocenters. The Kier molecular flexibility index (Phi) is 4.41. The first kappa shape index (κ1) is 15.9. The van der Waals surface area contributed by atoms with Crippen LogP contribution in [-0.2, 0) is 0 Å². The number of nitrogens with one attached hydrogen (secondary N) is 1. The topological polar surface area (TPSA) is 65.8 Å². The Morgan fingerprint density at radius 3 is 2.58 bits per heavy atom. The van der Waals surface area contributed by atoms with Gasteiger partial charge in [0.25, 0.3) is 5.91 Å². The summed E-state index contributed by atoms with van der Waals surface area (Å²) >= 11 is 1.39. The van der Waals surface area contributed by atoms with Crippen molar-refractivity contribution in [3.05, 3.63) is 70.1 Å². The van der Waals surface area contributed by atoms with E-state index in [1.807, 2.05) is 17.5 Å². The second-order valence-electron chi connectivity index (χ2n) is 5.50. The molecule has 118 valence electrons. The van der Waals surface area contributed by atoms with Crippen LogP contribution in [0.4, 0.5) is 5.13 Å². The van der Waals surface area contributed by atoms with Gasteiger partial charge in [-0.15, -0.1) is 11.3 Å². The van der Waals surface area contributed by atoms with Gasteiger partial charge in [-0.25, -0.2) is 4.98 Å². The van der Waals surface area contributed by atoms with E-state index < -0.39 is 0 Å². The van der Waals surface area contributed by atoms with E-state index in [0.29, 0.717) is 16.3 Å². The van der Waals surface area contributed by atoms with Crippen molar-refractivity contribution in [1.82, 2.24) is 4.98 Å². The molecule has 4 nitrogen and oxygen atoms in total. The fourth-order valence-electron chi connectivity index (χ4n) is 2.42. The quantitative estimate of drug-likeness (QED) is 0.764. The minimum atomic E-state index is -0.235. The summed E-state index contributed by atoms with van der Waals surface area (Å²) in [6, 6.07) is 14.8. The monoisotopic (exact) mass is 333 g/mol. The molecule has 0 saturated heterocycles. The molecule has 0 atom stereocenters. The summed E-state index contributed by atoms with van der Waals surface area (Å²) in [5.74, 6) is -0.235. The minimum Gasteiger partial charge on any atom is -0.298 e. The number of aryl methyl sites for hydroxylation is 2. The van der Waals surface area contributed by atoms with E-state index in [9.17, 15) is 4.79 Å². The van der Waals surface area contributed by atoms with Crippen LogP contribution in [0.25, 0.3) is 11.3 Å². The summed E-state index contributed by atoms with van der Waals surface area (Å²) in [6.07, 6.45) is 0. The molecule has 1 heterocycles. The van der Waals surface area contributed by atoms with E-state index in [0.717, 1.165) is 16.8 Å². The first-order valence-electron chi connectivity index (χ1n) is 7.41. The highest BCUT2D eigenvalue weighted by molar-refractivity contribution is 7.14. The standard InChI is InChI=1S/C19H15N3OS/c1-12-3-8-16(13(2)9-12)17-11-24-19(21-17)22-18(23)15-6-4-14(10-20)5-7-15/h3-9,11H,1-2H3,(H,21,22,23). The number of rotatable bonds is 3. The average Bonchev–Trinajstić information content (AvgIpc) is 3.03. The van der Waals surface area contributed by atoms with Gasteiger partial charge in [0.1, 0.15) is 0 Å². The van der Waals surface area contributed by atoms with Gasteiger partial charge in [-0.1, -0.05) is 23.8 Å². The maximum Gasteiger partial charge on any atom is 0.257 e. The number of benzene rings is 2. The zero-order chi connectivity index (χ0) is 17.1. The zero-order valence-corrected chi connectivity index (χ0v) is 14.1. The largest absolute Gasteiger partial charge is 0.298 e. The van der Waals surface area contributed by atoms with Gasteiger partial charge in [0.15, 0.2) is 5.13 Å². The predicted octanol–water partition coefficient (Wildman–Crippen LogP) is 4.55. The van der Waals surface area contributed by atoms with Crippen molar-refractivity contribution in [3.63, 3.8) is 0 Å². The van der Waals surface area contributed by atoms with Crippen LogP contribution in [0.15, 0.2) is 47.8 Å². The molecule has 0 aliphatic heterocycles. The van der Waals surface area contributed by atoms with Crippen molar-refractivity contribution in [2.45, 2.75) is 13.8 Å². The second-order valence-corrected chi connectivity index (χ2v) is 6.36. The van der Waals surface area contributed by atoms with Gasteiger partial charge in [-0.3, -0.25) is 10.1 Å². The van der Waals surface area contributed by atoms with Crippen molar-refractivity contribution in [2.75, 3.05) is 5.32 Å². The lowest BCUT2D eigenvalue weighted by molar-refractivity contribution is 0.102. The average molecular weight is 333 g/mol. The van der Waals surface area contributed by atoms with E-state index in [1.165, 1.54) is 16.9 Å². The van der Waals surface area contributed by atoms with Crippen LogP contribution < -0.4 is 5.32 Å². The van der Waals surface area contributed by atoms with Crippen LogP contribution in [0.3, 0.4) is 0 Å². The summed E-state index contributed by atoms with van der Waals surface area (Å²) in [4.78, 5) is 16.7. The lowest BCUT2D eigenvalue weighted by Gasteiger charge is -2.04. The maximum absolute atomic E-state index is 12.2. The van der Waals surface area contributed by atoms with Crippen molar-refractivity contribution in [3.8, 4) is 17.3 Å². The van der Waals surface area contributed by atoms with E-state index in [-0.39, 0.29) is 5.91 Å². The van der Waals surface area contributed by atoms with Crippen molar-refractivity contribution < 1.29 is 4.79 Å². The Bertz CT molecular complexity index is 936. The number of amides is 1. The third-order valence-corrected chi connectivity index (χ3v) is 4.42. The van der Waals surface area contributed by atoms with Crippen molar-refractivity contribution in [2.24, 2.45) is 0 Å². The Morgan fingerprint density at radius 1 is 1.17 bits per heavy atom. The molecular weight excluding hydrogens is 318 g/mol. The first-order valence-corrected chi connectivity index (χ1v) is 8.29. The summed E-state index contributed by atoms with van der Waals surface area (Å²) in [5.41, 5.74) is 5.31. The molecule has 1 amide bonds. The third kappa shape index (κ3) is 3.34. The van der Waals surface area contributed by atoms with Crippen LogP contribution in [0, 0.1) is 25.2 Å². The number of carbonyl (C=O) groups is 1. The van der Waals surface area contributed by atoms with Gasteiger partial charge in [0.2, 0.25) is 0 Å². The molecule has 1 aromatic heterocycles. The molecule has 1 N–H and O–H groups in total. The Balaban J connectivity index is 1.78. The molecule has 3 rings (SSSR count). The SMILES string of the molecule is Cc1ccc(-c2csc(NC(=O)c3ccc(C#N)cc3)n2)c(C)c1. The molecule has 0 spiro atoms. The van der Waals surface area contributed by atoms with Crippen LogP contribution in [-0.4, -0.2) is 10.9 Å². The summed E-state index contributed by atoms with van der Waals surface area (Å²) in [7, 11) is 0. The van der Waals surface area contributed by atoms with E-state index in [4.69, 9.17) is 5.26 Å². The van der Waals surface area contributed by atoms with E-state index in [2.05, 4.69) is 36.3 Å². The molecule has 0 radical (unpaired) electrons. The summed E-state index contributed by atoms with van der Waals surface area (Å²) < 4.78 is 0. The van der Waals surface area contributed by atoms with E-state index >= 15 is 0 Å². The number of aromatic nitrogens is 1. The smallest absolute Gasteiger partial charge is 0.257 e. The third-order valence-electron chi connectivity index (χ3n) is 3.66. The van der Waals surface area contributed by atoms with Crippen LogP contribution >= 0.6 is 11.3 Å². The molecular formula is C19H15N3OS. The molecule has 0 aliphatic rings. The molecule has 0 saturated carbocycles. The maximum atomic E-state index is 12.2. The molecule has 3 aromatic rings.